The first-order valence-electron chi connectivity index (χ1n) is 6.96. The van der Waals surface area contributed by atoms with Crippen LogP contribution in [-0.4, -0.2) is 28.7 Å². The highest BCUT2D eigenvalue weighted by atomic mass is 32.2. The number of sulfonamides is 1. The molecule has 1 aromatic heterocycles. The van der Waals surface area contributed by atoms with Crippen LogP contribution in [0.4, 0.5) is 0 Å². The first kappa shape index (κ1) is 14.2. The van der Waals surface area contributed by atoms with Crippen molar-refractivity contribution in [2.45, 2.75) is 38.1 Å². The van der Waals surface area contributed by atoms with Gasteiger partial charge in [-0.25, -0.2) is 17.8 Å². The van der Waals surface area contributed by atoms with Gasteiger partial charge in [0.2, 0.25) is 10.0 Å². The summed E-state index contributed by atoms with van der Waals surface area (Å²) in [5.74, 6) is 0. The van der Waals surface area contributed by atoms with Crippen LogP contribution >= 0.6 is 0 Å². The van der Waals surface area contributed by atoms with Crippen molar-refractivity contribution in [3.8, 4) is 0 Å². The highest BCUT2D eigenvalue weighted by molar-refractivity contribution is 7.90. The van der Waals surface area contributed by atoms with Gasteiger partial charge < -0.3 is 0 Å². The largest absolute Gasteiger partial charge is 0.248 e. The molecule has 1 saturated carbocycles. The third-order valence-electron chi connectivity index (χ3n) is 3.60. The van der Waals surface area contributed by atoms with Gasteiger partial charge in [0.05, 0.1) is 30.2 Å². The molecule has 0 atom stereocenters. The molecule has 0 saturated heterocycles. The first-order chi connectivity index (χ1) is 10.0. The third kappa shape index (κ3) is 3.48. The molecule has 112 valence electrons. The maximum atomic E-state index is 11.7. The van der Waals surface area contributed by atoms with Crippen LogP contribution < -0.4 is 4.72 Å². The van der Waals surface area contributed by atoms with Crippen molar-refractivity contribution < 1.29 is 8.42 Å². The fourth-order valence-electron chi connectivity index (χ4n) is 2.13. The monoisotopic (exact) mass is 306 g/mol. The second-order valence-electron chi connectivity index (χ2n) is 5.40. The fourth-order valence-corrected chi connectivity index (χ4v) is 3.47. The van der Waals surface area contributed by atoms with Gasteiger partial charge in [0.15, 0.2) is 0 Å². The average molecular weight is 306 g/mol. The Morgan fingerprint density at radius 1 is 1.33 bits per heavy atom. The summed E-state index contributed by atoms with van der Waals surface area (Å²) in [5, 5.41) is 7.85. The minimum absolute atomic E-state index is 0.201. The Kier molecular flexibility index (Phi) is 3.77. The van der Waals surface area contributed by atoms with Gasteiger partial charge in [-0.15, -0.1) is 5.10 Å². The molecule has 1 aliphatic carbocycles. The maximum absolute atomic E-state index is 11.7. The molecule has 1 aromatic carbocycles. The SMILES string of the molecule is Cc1ccccc1Cn1cc(CNS(=O)(=O)C2CC2)nn1. The summed E-state index contributed by atoms with van der Waals surface area (Å²) < 4.78 is 27.8. The third-order valence-corrected chi connectivity index (χ3v) is 5.49. The highest BCUT2D eigenvalue weighted by Gasteiger charge is 2.35. The van der Waals surface area contributed by atoms with Gasteiger partial charge in [0, 0.05) is 0 Å². The summed E-state index contributed by atoms with van der Waals surface area (Å²) in [4.78, 5) is 0. The molecular formula is C14H18N4O2S. The number of nitrogens with one attached hydrogen (secondary N) is 1. The molecule has 0 bridgehead atoms. The van der Waals surface area contributed by atoms with E-state index in [4.69, 9.17) is 0 Å². The van der Waals surface area contributed by atoms with E-state index in [1.807, 2.05) is 18.2 Å². The number of aromatic nitrogens is 3. The van der Waals surface area contributed by atoms with Crippen LogP contribution in [0.1, 0.15) is 29.7 Å². The van der Waals surface area contributed by atoms with Crippen molar-refractivity contribution in [2.24, 2.45) is 0 Å². The van der Waals surface area contributed by atoms with Crippen LogP contribution in [0.15, 0.2) is 30.5 Å². The summed E-state index contributed by atoms with van der Waals surface area (Å²) in [5.41, 5.74) is 3.00. The maximum Gasteiger partial charge on any atom is 0.214 e. The van der Waals surface area contributed by atoms with Crippen molar-refractivity contribution in [3.05, 3.63) is 47.3 Å². The summed E-state index contributed by atoms with van der Waals surface area (Å²) in [6, 6.07) is 8.09. The van der Waals surface area contributed by atoms with Crippen LogP contribution in [0.3, 0.4) is 0 Å². The normalized spacial score (nSPS) is 15.3. The lowest BCUT2D eigenvalue weighted by Gasteiger charge is -2.04. The first-order valence-corrected chi connectivity index (χ1v) is 8.51. The predicted octanol–water partition coefficient (Wildman–Crippen LogP) is 1.22. The van der Waals surface area contributed by atoms with Crippen molar-refractivity contribution in [3.63, 3.8) is 0 Å². The van der Waals surface area contributed by atoms with E-state index in [0.717, 1.165) is 12.8 Å². The highest BCUT2D eigenvalue weighted by Crippen LogP contribution is 2.27. The molecule has 0 unspecified atom stereocenters. The predicted molar refractivity (Wildman–Crippen MR) is 79.1 cm³/mol. The van der Waals surface area contributed by atoms with E-state index < -0.39 is 10.0 Å². The number of hydrogen-bond acceptors (Lipinski definition) is 4. The summed E-state index contributed by atoms with van der Waals surface area (Å²) >= 11 is 0. The van der Waals surface area contributed by atoms with Crippen LogP contribution in [0.5, 0.6) is 0 Å². The van der Waals surface area contributed by atoms with E-state index in [9.17, 15) is 8.42 Å². The molecule has 6 nitrogen and oxygen atoms in total. The van der Waals surface area contributed by atoms with Crippen LogP contribution in [0, 0.1) is 6.92 Å². The second-order valence-corrected chi connectivity index (χ2v) is 7.44. The topological polar surface area (TPSA) is 76.9 Å². The molecule has 7 heteroatoms. The zero-order valence-corrected chi connectivity index (χ0v) is 12.7. The molecule has 1 aliphatic rings. The van der Waals surface area contributed by atoms with Crippen molar-refractivity contribution in [2.75, 3.05) is 0 Å². The van der Waals surface area contributed by atoms with Crippen molar-refractivity contribution in [1.82, 2.24) is 19.7 Å². The molecule has 0 aliphatic heterocycles. The molecule has 1 heterocycles. The van der Waals surface area contributed by atoms with Crippen molar-refractivity contribution in [1.29, 1.82) is 0 Å². The van der Waals surface area contributed by atoms with Crippen LogP contribution in [0.2, 0.25) is 0 Å². The Hall–Kier alpha value is -1.73. The molecule has 1 fully saturated rings. The molecule has 3 rings (SSSR count). The molecular weight excluding hydrogens is 288 g/mol. The number of aryl methyl sites for hydroxylation is 1. The minimum atomic E-state index is -3.17. The van der Waals surface area contributed by atoms with Gasteiger partial charge >= 0.3 is 0 Å². The summed E-state index contributed by atoms with van der Waals surface area (Å²) in [6.45, 7) is 2.89. The number of nitrogens with zero attached hydrogens (tertiary/aromatic N) is 3. The Bertz CT molecular complexity index is 735. The van der Waals surface area contributed by atoms with Gasteiger partial charge in [-0.2, -0.15) is 0 Å². The van der Waals surface area contributed by atoms with E-state index >= 15 is 0 Å². The molecule has 2 aromatic rings. The summed E-state index contributed by atoms with van der Waals surface area (Å²) in [7, 11) is -3.17. The van der Waals surface area contributed by atoms with Crippen LogP contribution in [0.25, 0.3) is 0 Å². The lowest BCUT2D eigenvalue weighted by molar-refractivity contribution is 0.579. The van der Waals surface area contributed by atoms with E-state index in [0.29, 0.717) is 12.2 Å². The van der Waals surface area contributed by atoms with E-state index in [1.54, 1.807) is 10.9 Å². The van der Waals surface area contributed by atoms with Gasteiger partial charge in [-0.05, 0) is 30.9 Å². The Morgan fingerprint density at radius 3 is 2.81 bits per heavy atom. The lowest BCUT2D eigenvalue weighted by atomic mass is 10.1. The Balaban J connectivity index is 1.62. The minimum Gasteiger partial charge on any atom is -0.248 e. The van der Waals surface area contributed by atoms with Gasteiger partial charge in [0.1, 0.15) is 0 Å². The average Bonchev–Trinajstić information content (AvgIpc) is 3.22. The standard InChI is InChI=1S/C14H18N4O2S/c1-11-4-2-3-5-12(11)9-18-10-13(16-17-18)8-15-21(19,20)14-6-7-14/h2-5,10,14-15H,6-9H2,1H3. The van der Waals surface area contributed by atoms with Crippen molar-refractivity contribution >= 4 is 10.0 Å². The fraction of sp³-hybridized carbons (Fsp3) is 0.429. The molecule has 0 spiro atoms. The molecule has 0 radical (unpaired) electrons. The number of hydrogen-bond donors (Lipinski definition) is 1. The smallest absolute Gasteiger partial charge is 0.214 e. The molecule has 1 N–H and O–H groups in total. The summed E-state index contributed by atoms with van der Waals surface area (Å²) in [6.07, 6.45) is 3.30. The van der Waals surface area contributed by atoms with Crippen LogP contribution in [-0.2, 0) is 23.1 Å². The van der Waals surface area contributed by atoms with E-state index in [-0.39, 0.29) is 11.8 Å². The lowest BCUT2D eigenvalue weighted by Crippen LogP contribution is -2.26. The Morgan fingerprint density at radius 2 is 2.10 bits per heavy atom. The Labute approximate surface area is 124 Å². The van der Waals surface area contributed by atoms with Gasteiger partial charge in [0.25, 0.3) is 0 Å². The quantitative estimate of drug-likeness (QED) is 0.870. The zero-order valence-electron chi connectivity index (χ0n) is 11.9. The van der Waals surface area contributed by atoms with Gasteiger partial charge in [-0.3, -0.25) is 0 Å². The van der Waals surface area contributed by atoms with E-state index in [2.05, 4.69) is 28.0 Å². The molecule has 21 heavy (non-hydrogen) atoms. The van der Waals surface area contributed by atoms with Gasteiger partial charge in [-0.1, -0.05) is 29.5 Å². The molecule has 0 amide bonds. The second kappa shape index (κ2) is 5.57. The number of benzene rings is 1. The number of rotatable bonds is 6. The zero-order chi connectivity index (χ0) is 14.9. The van der Waals surface area contributed by atoms with E-state index in [1.165, 1.54) is 11.1 Å².